The molecular weight excluding hydrogens is 328 g/mol. The Balaban J connectivity index is 2.20. The molecule has 0 aliphatic carbocycles. The lowest BCUT2D eigenvalue weighted by atomic mass is 10.2. The van der Waals surface area contributed by atoms with Gasteiger partial charge in [0, 0.05) is 18.3 Å². The highest BCUT2D eigenvalue weighted by Gasteiger charge is 2.13. The lowest BCUT2D eigenvalue weighted by Crippen LogP contribution is -2.08. The van der Waals surface area contributed by atoms with E-state index >= 15 is 0 Å². The van der Waals surface area contributed by atoms with E-state index in [9.17, 15) is 8.78 Å². The minimum atomic E-state index is -0.593. The number of hydrogen-bond acceptors (Lipinski definition) is 2. The molecule has 108 valence electrons. The van der Waals surface area contributed by atoms with Gasteiger partial charge in [0.25, 0.3) is 0 Å². The second-order valence-electron chi connectivity index (χ2n) is 4.39. The van der Waals surface area contributed by atoms with Crippen LogP contribution in [0.25, 0.3) is 0 Å². The van der Waals surface area contributed by atoms with Gasteiger partial charge >= 0.3 is 0 Å². The highest BCUT2D eigenvalue weighted by Crippen LogP contribution is 2.23. The van der Waals surface area contributed by atoms with Crippen molar-refractivity contribution in [2.45, 2.75) is 33.4 Å². The first kappa shape index (κ1) is 15.0. The molecule has 0 saturated heterocycles. The first-order chi connectivity index (χ1) is 9.55. The van der Waals surface area contributed by atoms with Gasteiger partial charge in [0.15, 0.2) is 0 Å². The van der Waals surface area contributed by atoms with Crippen LogP contribution in [0.3, 0.4) is 0 Å². The molecule has 1 aromatic heterocycles. The fourth-order valence-electron chi connectivity index (χ4n) is 2.03. The molecule has 0 unspecified atom stereocenters. The summed E-state index contributed by atoms with van der Waals surface area (Å²) in [7, 11) is 0. The number of halogens is 3. The Morgan fingerprint density at radius 2 is 1.85 bits per heavy atom. The second kappa shape index (κ2) is 6.35. The highest BCUT2D eigenvalue weighted by atomic mass is 79.9. The Morgan fingerprint density at radius 1 is 1.20 bits per heavy atom. The van der Waals surface area contributed by atoms with E-state index in [1.807, 2.05) is 18.5 Å². The van der Waals surface area contributed by atoms with Crippen LogP contribution in [0, 0.1) is 11.6 Å². The molecule has 0 saturated carbocycles. The van der Waals surface area contributed by atoms with Gasteiger partial charge < -0.3 is 5.32 Å². The van der Waals surface area contributed by atoms with Crippen LogP contribution in [0.4, 0.5) is 14.5 Å². The van der Waals surface area contributed by atoms with E-state index in [0.29, 0.717) is 12.2 Å². The zero-order valence-electron chi connectivity index (χ0n) is 11.4. The number of aromatic nitrogens is 2. The van der Waals surface area contributed by atoms with Crippen LogP contribution in [0.2, 0.25) is 0 Å². The summed E-state index contributed by atoms with van der Waals surface area (Å²) in [6.45, 7) is 5.23. The van der Waals surface area contributed by atoms with Gasteiger partial charge in [0.05, 0.1) is 22.4 Å². The summed E-state index contributed by atoms with van der Waals surface area (Å²) in [6.07, 6.45) is 0.829. The molecule has 2 aromatic rings. The van der Waals surface area contributed by atoms with Crippen molar-refractivity contribution in [3.8, 4) is 0 Å². The van der Waals surface area contributed by atoms with Crippen molar-refractivity contribution in [2.75, 3.05) is 5.32 Å². The van der Waals surface area contributed by atoms with Gasteiger partial charge in [-0.3, -0.25) is 4.68 Å². The van der Waals surface area contributed by atoms with Gasteiger partial charge in [-0.05, 0) is 41.4 Å². The SMILES string of the molecule is CCc1nn(CC)c(CNc2cc(F)cc(F)c2)c1Br. The Morgan fingerprint density at radius 3 is 2.40 bits per heavy atom. The van der Waals surface area contributed by atoms with Gasteiger partial charge in [0.1, 0.15) is 11.6 Å². The van der Waals surface area contributed by atoms with Gasteiger partial charge in [-0.1, -0.05) is 6.92 Å². The van der Waals surface area contributed by atoms with Crippen molar-refractivity contribution >= 4 is 21.6 Å². The zero-order chi connectivity index (χ0) is 14.7. The molecule has 2 rings (SSSR count). The summed E-state index contributed by atoms with van der Waals surface area (Å²) in [5.41, 5.74) is 2.36. The number of nitrogens with one attached hydrogen (secondary N) is 1. The minimum absolute atomic E-state index is 0.413. The van der Waals surface area contributed by atoms with Crippen molar-refractivity contribution in [1.82, 2.24) is 9.78 Å². The Hall–Kier alpha value is -1.43. The molecule has 0 aliphatic rings. The molecule has 1 heterocycles. The number of anilines is 1. The van der Waals surface area contributed by atoms with E-state index in [4.69, 9.17) is 0 Å². The van der Waals surface area contributed by atoms with Crippen molar-refractivity contribution in [2.24, 2.45) is 0 Å². The normalized spacial score (nSPS) is 10.8. The summed E-state index contributed by atoms with van der Waals surface area (Å²) in [4.78, 5) is 0. The molecule has 0 spiro atoms. The van der Waals surface area contributed by atoms with Gasteiger partial charge in [-0.2, -0.15) is 5.10 Å². The molecule has 3 nitrogen and oxygen atoms in total. The van der Waals surface area contributed by atoms with Crippen LogP contribution in [0.1, 0.15) is 25.2 Å². The van der Waals surface area contributed by atoms with Crippen LogP contribution in [0.5, 0.6) is 0 Å². The molecular formula is C14H16BrF2N3. The average molecular weight is 344 g/mol. The fourth-order valence-corrected chi connectivity index (χ4v) is 2.73. The second-order valence-corrected chi connectivity index (χ2v) is 5.18. The van der Waals surface area contributed by atoms with Crippen LogP contribution in [-0.4, -0.2) is 9.78 Å². The van der Waals surface area contributed by atoms with Crippen LogP contribution < -0.4 is 5.32 Å². The highest BCUT2D eigenvalue weighted by molar-refractivity contribution is 9.10. The Kier molecular flexibility index (Phi) is 4.75. The molecule has 0 fully saturated rings. The summed E-state index contributed by atoms with van der Waals surface area (Å²) in [6, 6.07) is 3.39. The molecule has 20 heavy (non-hydrogen) atoms. The third-order valence-electron chi connectivity index (χ3n) is 3.02. The summed E-state index contributed by atoms with van der Waals surface area (Å²) in [5.74, 6) is -1.19. The third-order valence-corrected chi connectivity index (χ3v) is 3.93. The lowest BCUT2D eigenvalue weighted by molar-refractivity contribution is 0.583. The number of rotatable bonds is 5. The van der Waals surface area contributed by atoms with Crippen LogP contribution in [-0.2, 0) is 19.5 Å². The molecule has 0 bridgehead atoms. The van der Waals surface area contributed by atoms with E-state index in [2.05, 4.69) is 26.3 Å². The van der Waals surface area contributed by atoms with Gasteiger partial charge in [-0.25, -0.2) is 8.78 Å². The maximum absolute atomic E-state index is 13.1. The lowest BCUT2D eigenvalue weighted by Gasteiger charge is -2.09. The van der Waals surface area contributed by atoms with E-state index in [1.54, 1.807) is 0 Å². The van der Waals surface area contributed by atoms with E-state index in [1.165, 1.54) is 12.1 Å². The summed E-state index contributed by atoms with van der Waals surface area (Å²) in [5, 5.41) is 7.50. The zero-order valence-corrected chi connectivity index (χ0v) is 13.0. The predicted molar refractivity (Wildman–Crippen MR) is 78.7 cm³/mol. The van der Waals surface area contributed by atoms with Gasteiger partial charge in [0.2, 0.25) is 0 Å². The van der Waals surface area contributed by atoms with Crippen molar-refractivity contribution in [3.05, 3.63) is 45.7 Å². The van der Waals surface area contributed by atoms with Crippen LogP contribution in [0.15, 0.2) is 22.7 Å². The smallest absolute Gasteiger partial charge is 0.128 e. The first-order valence-corrected chi connectivity index (χ1v) is 7.28. The van der Waals surface area contributed by atoms with Gasteiger partial charge in [-0.15, -0.1) is 0 Å². The molecule has 0 atom stereocenters. The minimum Gasteiger partial charge on any atom is -0.379 e. The maximum Gasteiger partial charge on any atom is 0.128 e. The van der Waals surface area contributed by atoms with E-state index in [0.717, 1.165) is 34.9 Å². The molecule has 0 aliphatic heterocycles. The molecule has 1 N–H and O–H groups in total. The predicted octanol–water partition coefficient (Wildman–Crippen LogP) is 4.12. The number of aryl methyl sites for hydroxylation is 2. The van der Waals surface area contributed by atoms with E-state index in [-0.39, 0.29) is 0 Å². The Labute approximate surface area is 125 Å². The molecule has 0 radical (unpaired) electrons. The van der Waals surface area contributed by atoms with Crippen LogP contribution >= 0.6 is 15.9 Å². The third kappa shape index (κ3) is 3.17. The quantitative estimate of drug-likeness (QED) is 0.884. The van der Waals surface area contributed by atoms with Crippen molar-refractivity contribution in [1.29, 1.82) is 0 Å². The monoisotopic (exact) mass is 343 g/mol. The molecule has 0 amide bonds. The summed E-state index contributed by atoms with van der Waals surface area (Å²) < 4.78 is 29.1. The first-order valence-electron chi connectivity index (χ1n) is 6.49. The average Bonchev–Trinajstić information content (AvgIpc) is 2.71. The topological polar surface area (TPSA) is 29.9 Å². The standard InChI is InChI=1S/C14H16BrF2N3/c1-3-12-14(15)13(20(4-2)19-12)8-18-11-6-9(16)5-10(17)7-11/h5-7,18H,3-4,8H2,1-2H3. The fraction of sp³-hybridized carbons (Fsp3) is 0.357. The molecule has 6 heteroatoms. The largest absolute Gasteiger partial charge is 0.379 e. The molecule has 1 aromatic carbocycles. The van der Waals surface area contributed by atoms with Crippen molar-refractivity contribution < 1.29 is 8.78 Å². The maximum atomic E-state index is 13.1. The van der Waals surface area contributed by atoms with Crippen molar-refractivity contribution in [3.63, 3.8) is 0 Å². The number of benzene rings is 1. The number of hydrogen-bond donors (Lipinski definition) is 1. The Bertz CT molecular complexity index is 590. The van der Waals surface area contributed by atoms with E-state index < -0.39 is 11.6 Å². The summed E-state index contributed by atoms with van der Waals surface area (Å²) >= 11 is 3.53. The number of nitrogens with zero attached hydrogens (tertiary/aromatic N) is 2.